The van der Waals surface area contributed by atoms with Crippen LogP contribution < -0.4 is 5.32 Å². The molecular weight excluding hydrogens is 174 g/mol. The van der Waals surface area contributed by atoms with Crippen LogP contribution in [0.5, 0.6) is 0 Å². The largest absolute Gasteiger partial charge is 0.375 e. The molecule has 0 aromatic heterocycles. The predicted molar refractivity (Wildman–Crippen MR) is 58.3 cm³/mol. The second-order valence-corrected chi connectivity index (χ2v) is 5.28. The first-order valence-electron chi connectivity index (χ1n) is 6.10. The zero-order valence-corrected chi connectivity index (χ0v) is 9.46. The number of morpholine rings is 1. The van der Waals surface area contributed by atoms with E-state index in [9.17, 15) is 0 Å². The van der Waals surface area contributed by atoms with Crippen LogP contribution in [-0.2, 0) is 4.74 Å². The van der Waals surface area contributed by atoms with Crippen molar-refractivity contribution in [3.63, 3.8) is 0 Å². The van der Waals surface area contributed by atoms with Crippen molar-refractivity contribution in [3.05, 3.63) is 0 Å². The highest BCUT2D eigenvalue weighted by Gasteiger charge is 2.32. The fraction of sp³-hybridized carbons (Fsp3) is 1.00. The van der Waals surface area contributed by atoms with E-state index in [2.05, 4.69) is 19.2 Å². The SMILES string of the molecule is CC(C)CC1CCC2OCCNC2C1. The first kappa shape index (κ1) is 10.4. The third-order valence-electron chi connectivity index (χ3n) is 3.54. The normalized spacial score (nSPS) is 38.4. The van der Waals surface area contributed by atoms with Gasteiger partial charge in [-0.1, -0.05) is 13.8 Å². The summed E-state index contributed by atoms with van der Waals surface area (Å²) in [6, 6.07) is 0.654. The molecule has 2 heteroatoms. The van der Waals surface area contributed by atoms with Gasteiger partial charge >= 0.3 is 0 Å². The number of fused-ring (bicyclic) bond motifs is 1. The highest BCUT2D eigenvalue weighted by molar-refractivity contribution is 4.88. The van der Waals surface area contributed by atoms with E-state index >= 15 is 0 Å². The van der Waals surface area contributed by atoms with Crippen LogP contribution in [0.4, 0.5) is 0 Å². The standard InChI is InChI=1S/C12H23NO/c1-9(2)7-10-3-4-12-11(8-10)13-5-6-14-12/h9-13H,3-8H2,1-2H3. The summed E-state index contributed by atoms with van der Waals surface area (Å²) in [6.45, 7) is 6.62. The van der Waals surface area contributed by atoms with Crippen LogP contribution in [0.3, 0.4) is 0 Å². The van der Waals surface area contributed by atoms with E-state index in [0.29, 0.717) is 12.1 Å². The second-order valence-electron chi connectivity index (χ2n) is 5.28. The number of hydrogen-bond donors (Lipinski definition) is 1. The Labute approximate surface area is 87.4 Å². The number of ether oxygens (including phenoxy) is 1. The Bertz CT molecular complexity index is 181. The van der Waals surface area contributed by atoms with Crippen molar-refractivity contribution >= 4 is 0 Å². The van der Waals surface area contributed by atoms with Crippen molar-refractivity contribution in [1.29, 1.82) is 0 Å². The van der Waals surface area contributed by atoms with Crippen LogP contribution in [0.25, 0.3) is 0 Å². The summed E-state index contributed by atoms with van der Waals surface area (Å²) in [5.41, 5.74) is 0. The topological polar surface area (TPSA) is 21.3 Å². The molecule has 3 unspecified atom stereocenters. The second kappa shape index (κ2) is 4.63. The number of hydrogen-bond acceptors (Lipinski definition) is 2. The van der Waals surface area contributed by atoms with Crippen LogP contribution in [0.2, 0.25) is 0 Å². The van der Waals surface area contributed by atoms with Crippen LogP contribution in [0, 0.1) is 11.8 Å². The molecule has 0 radical (unpaired) electrons. The molecule has 2 aliphatic rings. The molecule has 1 heterocycles. The first-order chi connectivity index (χ1) is 6.75. The highest BCUT2D eigenvalue weighted by Crippen LogP contribution is 2.31. The third kappa shape index (κ3) is 2.48. The first-order valence-corrected chi connectivity index (χ1v) is 6.10. The van der Waals surface area contributed by atoms with Crippen molar-refractivity contribution in [1.82, 2.24) is 5.32 Å². The molecule has 0 spiro atoms. The van der Waals surface area contributed by atoms with Crippen LogP contribution in [-0.4, -0.2) is 25.3 Å². The van der Waals surface area contributed by atoms with Gasteiger partial charge in [-0.2, -0.15) is 0 Å². The summed E-state index contributed by atoms with van der Waals surface area (Å²) in [6.07, 6.45) is 5.90. The third-order valence-corrected chi connectivity index (χ3v) is 3.54. The monoisotopic (exact) mass is 197 g/mol. The lowest BCUT2D eigenvalue weighted by Gasteiger charge is -2.40. The molecule has 0 aromatic carbocycles. The van der Waals surface area contributed by atoms with Crippen molar-refractivity contribution < 1.29 is 4.74 Å². The minimum atomic E-state index is 0.521. The molecule has 2 fully saturated rings. The average Bonchev–Trinajstić information content (AvgIpc) is 2.17. The van der Waals surface area contributed by atoms with Crippen molar-refractivity contribution in [2.45, 2.75) is 51.7 Å². The van der Waals surface area contributed by atoms with Gasteiger partial charge in [0.25, 0.3) is 0 Å². The number of nitrogens with one attached hydrogen (secondary N) is 1. The Morgan fingerprint density at radius 3 is 3.00 bits per heavy atom. The van der Waals surface area contributed by atoms with E-state index in [0.717, 1.165) is 25.0 Å². The van der Waals surface area contributed by atoms with Gasteiger partial charge in [0, 0.05) is 12.6 Å². The molecule has 1 aliphatic heterocycles. The van der Waals surface area contributed by atoms with Crippen LogP contribution in [0.15, 0.2) is 0 Å². The molecule has 1 N–H and O–H groups in total. The Balaban J connectivity index is 1.83. The van der Waals surface area contributed by atoms with Gasteiger partial charge in [0.05, 0.1) is 12.7 Å². The average molecular weight is 197 g/mol. The van der Waals surface area contributed by atoms with Gasteiger partial charge in [-0.15, -0.1) is 0 Å². The van der Waals surface area contributed by atoms with E-state index in [1.54, 1.807) is 0 Å². The van der Waals surface area contributed by atoms with Gasteiger partial charge in [-0.3, -0.25) is 0 Å². The molecule has 14 heavy (non-hydrogen) atoms. The summed E-state index contributed by atoms with van der Waals surface area (Å²) in [5.74, 6) is 1.78. The fourth-order valence-electron chi connectivity index (χ4n) is 2.98. The maximum Gasteiger partial charge on any atom is 0.0728 e. The van der Waals surface area contributed by atoms with Crippen LogP contribution >= 0.6 is 0 Å². The highest BCUT2D eigenvalue weighted by atomic mass is 16.5. The van der Waals surface area contributed by atoms with Gasteiger partial charge in [0.2, 0.25) is 0 Å². The number of rotatable bonds is 2. The molecule has 3 atom stereocenters. The zero-order chi connectivity index (χ0) is 9.97. The molecule has 2 nitrogen and oxygen atoms in total. The minimum absolute atomic E-state index is 0.521. The summed E-state index contributed by atoms with van der Waals surface area (Å²) < 4.78 is 5.77. The Kier molecular flexibility index (Phi) is 3.45. The van der Waals surface area contributed by atoms with Crippen molar-refractivity contribution in [2.75, 3.05) is 13.2 Å². The summed E-state index contributed by atoms with van der Waals surface area (Å²) >= 11 is 0. The van der Waals surface area contributed by atoms with Crippen LogP contribution in [0.1, 0.15) is 39.5 Å². The van der Waals surface area contributed by atoms with E-state index in [-0.39, 0.29) is 0 Å². The Morgan fingerprint density at radius 2 is 2.21 bits per heavy atom. The summed E-state index contributed by atoms with van der Waals surface area (Å²) in [4.78, 5) is 0. The summed E-state index contributed by atoms with van der Waals surface area (Å²) in [7, 11) is 0. The van der Waals surface area contributed by atoms with Crippen molar-refractivity contribution in [2.24, 2.45) is 11.8 Å². The molecule has 0 bridgehead atoms. The lowest BCUT2D eigenvalue weighted by atomic mass is 9.79. The maximum atomic E-state index is 5.77. The smallest absolute Gasteiger partial charge is 0.0728 e. The molecule has 1 saturated heterocycles. The van der Waals surface area contributed by atoms with E-state index in [4.69, 9.17) is 4.74 Å². The molecular formula is C12H23NO. The molecule has 2 rings (SSSR count). The fourth-order valence-corrected chi connectivity index (χ4v) is 2.98. The van der Waals surface area contributed by atoms with E-state index in [1.165, 1.54) is 25.7 Å². The predicted octanol–water partition coefficient (Wildman–Crippen LogP) is 2.19. The molecule has 1 aliphatic carbocycles. The maximum absolute atomic E-state index is 5.77. The zero-order valence-electron chi connectivity index (χ0n) is 9.46. The molecule has 0 amide bonds. The van der Waals surface area contributed by atoms with Gasteiger partial charge in [0.1, 0.15) is 0 Å². The molecule has 82 valence electrons. The van der Waals surface area contributed by atoms with Gasteiger partial charge in [-0.05, 0) is 37.5 Å². The molecule has 0 aromatic rings. The Morgan fingerprint density at radius 1 is 1.36 bits per heavy atom. The van der Waals surface area contributed by atoms with E-state index < -0.39 is 0 Å². The van der Waals surface area contributed by atoms with Gasteiger partial charge < -0.3 is 10.1 Å². The lowest BCUT2D eigenvalue weighted by Crippen LogP contribution is -2.51. The van der Waals surface area contributed by atoms with Gasteiger partial charge in [0.15, 0.2) is 0 Å². The summed E-state index contributed by atoms with van der Waals surface area (Å²) in [5, 5.41) is 3.60. The molecule has 1 saturated carbocycles. The lowest BCUT2D eigenvalue weighted by molar-refractivity contribution is -0.0358. The quantitative estimate of drug-likeness (QED) is 0.732. The van der Waals surface area contributed by atoms with Crippen molar-refractivity contribution in [3.8, 4) is 0 Å². The van der Waals surface area contributed by atoms with E-state index in [1.807, 2.05) is 0 Å². The minimum Gasteiger partial charge on any atom is -0.375 e. The van der Waals surface area contributed by atoms with Gasteiger partial charge in [-0.25, -0.2) is 0 Å². The Hall–Kier alpha value is -0.0800.